The van der Waals surface area contributed by atoms with Gasteiger partial charge in [0.05, 0.1) is 5.69 Å². The standard InChI is InChI=1S/C14H17BrN4/c1-16-9-10-19(2)14-8-7-13(17-18-14)11-5-3-4-6-12(11)15/h3-8,16H,9-10H2,1-2H3. The van der Waals surface area contributed by atoms with Crippen molar-refractivity contribution in [3.05, 3.63) is 40.9 Å². The summed E-state index contributed by atoms with van der Waals surface area (Å²) in [4.78, 5) is 2.08. The lowest BCUT2D eigenvalue weighted by Crippen LogP contribution is -2.27. The molecule has 1 heterocycles. The van der Waals surface area contributed by atoms with E-state index in [1.54, 1.807) is 0 Å². The fraction of sp³-hybridized carbons (Fsp3) is 0.286. The predicted octanol–water partition coefficient (Wildman–Crippen LogP) is 2.56. The summed E-state index contributed by atoms with van der Waals surface area (Å²) in [6.07, 6.45) is 0. The number of aromatic nitrogens is 2. The number of hydrogen-bond acceptors (Lipinski definition) is 4. The van der Waals surface area contributed by atoms with E-state index in [-0.39, 0.29) is 0 Å². The first-order valence-corrected chi connectivity index (χ1v) is 6.96. The van der Waals surface area contributed by atoms with Crippen molar-refractivity contribution in [3.8, 4) is 11.3 Å². The Morgan fingerprint density at radius 1 is 1.16 bits per heavy atom. The number of benzene rings is 1. The summed E-state index contributed by atoms with van der Waals surface area (Å²) in [5.74, 6) is 0.881. The van der Waals surface area contributed by atoms with Crippen molar-refractivity contribution in [2.45, 2.75) is 0 Å². The summed E-state index contributed by atoms with van der Waals surface area (Å²) < 4.78 is 1.03. The molecule has 0 fully saturated rings. The van der Waals surface area contributed by atoms with E-state index >= 15 is 0 Å². The first-order valence-electron chi connectivity index (χ1n) is 6.16. The Bertz CT molecular complexity index is 527. The van der Waals surface area contributed by atoms with Crippen LogP contribution in [0.3, 0.4) is 0 Å². The van der Waals surface area contributed by atoms with E-state index in [0.717, 1.165) is 34.6 Å². The molecule has 0 aliphatic carbocycles. The second-order valence-electron chi connectivity index (χ2n) is 4.28. The van der Waals surface area contributed by atoms with Crippen LogP contribution in [0.4, 0.5) is 5.82 Å². The van der Waals surface area contributed by atoms with Gasteiger partial charge in [0, 0.05) is 30.2 Å². The molecule has 2 aromatic rings. The van der Waals surface area contributed by atoms with Gasteiger partial charge in [0.2, 0.25) is 0 Å². The number of hydrogen-bond donors (Lipinski definition) is 1. The molecule has 1 aromatic heterocycles. The zero-order chi connectivity index (χ0) is 13.7. The van der Waals surface area contributed by atoms with Gasteiger partial charge in [0.1, 0.15) is 0 Å². The largest absolute Gasteiger partial charge is 0.357 e. The highest BCUT2D eigenvalue weighted by Crippen LogP contribution is 2.26. The van der Waals surface area contributed by atoms with Crippen LogP contribution < -0.4 is 10.2 Å². The molecule has 0 aliphatic rings. The molecule has 0 unspecified atom stereocenters. The summed E-state index contributed by atoms with van der Waals surface area (Å²) in [6.45, 7) is 1.82. The van der Waals surface area contributed by atoms with Crippen LogP contribution in [0, 0.1) is 0 Å². The van der Waals surface area contributed by atoms with Crippen LogP contribution in [0.25, 0.3) is 11.3 Å². The van der Waals surface area contributed by atoms with Crippen molar-refractivity contribution in [2.24, 2.45) is 0 Å². The summed E-state index contributed by atoms with van der Waals surface area (Å²) in [5, 5.41) is 11.7. The fourth-order valence-electron chi connectivity index (χ4n) is 1.74. The molecular weight excluding hydrogens is 304 g/mol. The predicted molar refractivity (Wildman–Crippen MR) is 82.4 cm³/mol. The molecule has 0 spiro atoms. The quantitative estimate of drug-likeness (QED) is 0.919. The molecule has 19 heavy (non-hydrogen) atoms. The lowest BCUT2D eigenvalue weighted by atomic mass is 10.1. The second kappa shape index (κ2) is 6.63. The molecule has 4 nitrogen and oxygen atoms in total. The minimum atomic E-state index is 0.873. The molecule has 100 valence electrons. The van der Waals surface area contributed by atoms with Crippen molar-refractivity contribution in [1.82, 2.24) is 15.5 Å². The second-order valence-corrected chi connectivity index (χ2v) is 5.14. The van der Waals surface area contributed by atoms with Crippen molar-refractivity contribution >= 4 is 21.7 Å². The minimum Gasteiger partial charge on any atom is -0.357 e. The topological polar surface area (TPSA) is 41.0 Å². The molecule has 0 bridgehead atoms. The maximum atomic E-state index is 4.30. The summed E-state index contributed by atoms with van der Waals surface area (Å²) in [7, 11) is 3.95. The Morgan fingerprint density at radius 3 is 2.58 bits per heavy atom. The van der Waals surface area contributed by atoms with Crippen molar-refractivity contribution < 1.29 is 0 Å². The Morgan fingerprint density at radius 2 is 1.95 bits per heavy atom. The zero-order valence-electron chi connectivity index (χ0n) is 11.1. The number of halogens is 1. The highest BCUT2D eigenvalue weighted by Gasteiger charge is 2.06. The molecule has 0 amide bonds. The number of nitrogens with one attached hydrogen (secondary N) is 1. The van der Waals surface area contributed by atoms with Crippen LogP contribution in [0.5, 0.6) is 0 Å². The monoisotopic (exact) mass is 320 g/mol. The fourth-order valence-corrected chi connectivity index (χ4v) is 2.22. The Balaban J connectivity index is 2.17. The zero-order valence-corrected chi connectivity index (χ0v) is 12.7. The van der Waals surface area contributed by atoms with Gasteiger partial charge in [-0.3, -0.25) is 0 Å². The maximum Gasteiger partial charge on any atom is 0.151 e. The van der Waals surface area contributed by atoms with Gasteiger partial charge in [-0.15, -0.1) is 10.2 Å². The van der Waals surface area contributed by atoms with Gasteiger partial charge in [-0.05, 0) is 25.2 Å². The van der Waals surface area contributed by atoms with E-state index in [1.807, 2.05) is 50.5 Å². The highest BCUT2D eigenvalue weighted by atomic mass is 79.9. The van der Waals surface area contributed by atoms with Gasteiger partial charge >= 0.3 is 0 Å². The first kappa shape index (κ1) is 14.0. The SMILES string of the molecule is CNCCN(C)c1ccc(-c2ccccc2Br)nn1. The van der Waals surface area contributed by atoms with Gasteiger partial charge in [0.15, 0.2) is 5.82 Å². The average Bonchev–Trinajstić information content (AvgIpc) is 2.45. The first-order chi connectivity index (χ1) is 9.22. The molecule has 1 N–H and O–H groups in total. The van der Waals surface area contributed by atoms with Crippen LogP contribution in [-0.2, 0) is 0 Å². The average molecular weight is 321 g/mol. The van der Waals surface area contributed by atoms with E-state index in [4.69, 9.17) is 0 Å². The third-order valence-electron chi connectivity index (χ3n) is 2.89. The van der Waals surface area contributed by atoms with E-state index in [2.05, 4.69) is 36.3 Å². The number of rotatable bonds is 5. The van der Waals surface area contributed by atoms with Crippen LogP contribution in [0.15, 0.2) is 40.9 Å². The Labute approximate surface area is 122 Å². The van der Waals surface area contributed by atoms with Gasteiger partial charge in [0.25, 0.3) is 0 Å². The van der Waals surface area contributed by atoms with Gasteiger partial charge in [-0.25, -0.2) is 0 Å². The molecule has 0 saturated heterocycles. The van der Waals surface area contributed by atoms with Crippen LogP contribution in [0.1, 0.15) is 0 Å². The van der Waals surface area contributed by atoms with Crippen molar-refractivity contribution in [2.75, 3.05) is 32.1 Å². The molecule has 0 radical (unpaired) electrons. The summed E-state index contributed by atoms with van der Waals surface area (Å²) >= 11 is 3.53. The van der Waals surface area contributed by atoms with E-state index in [1.165, 1.54) is 0 Å². The molecule has 5 heteroatoms. The molecule has 1 aromatic carbocycles. The maximum absolute atomic E-state index is 4.30. The van der Waals surface area contributed by atoms with Gasteiger partial charge < -0.3 is 10.2 Å². The van der Waals surface area contributed by atoms with Crippen LogP contribution in [-0.4, -0.2) is 37.4 Å². The smallest absolute Gasteiger partial charge is 0.151 e. The Kier molecular flexibility index (Phi) is 4.87. The van der Waals surface area contributed by atoms with Gasteiger partial charge in [-0.2, -0.15) is 0 Å². The van der Waals surface area contributed by atoms with E-state index < -0.39 is 0 Å². The van der Waals surface area contributed by atoms with Crippen molar-refractivity contribution in [1.29, 1.82) is 0 Å². The highest BCUT2D eigenvalue weighted by molar-refractivity contribution is 9.10. The van der Waals surface area contributed by atoms with E-state index in [9.17, 15) is 0 Å². The molecule has 0 saturated carbocycles. The number of likely N-dealkylation sites (N-methyl/N-ethyl adjacent to an activating group) is 2. The lowest BCUT2D eigenvalue weighted by molar-refractivity contribution is 0.756. The third kappa shape index (κ3) is 3.52. The summed E-state index contributed by atoms with van der Waals surface area (Å²) in [6, 6.07) is 12.0. The lowest BCUT2D eigenvalue weighted by Gasteiger charge is -2.17. The molecule has 2 rings (SSSR count). The molecular formula is C14H17BrN4. The minimum absolute atomic E-state index is 0.873. The van der Waals surface area contributed by atoms with Crippen LogP contribution in [0.2, 0.25) is 0 Å². The van der Waals surface area contributed by atoms with Crippen LogP contribution >= 0.6 is 15.9 Å². The molecule has 0 atom stereocenters. The third-order valence-corrected chi connectivity index (χ3v) is 3.58. The number of nitrogens with zero attached hydrogens (tertiary/aromatic N) is 3. The normalized spacial score (nSPS) is 10.5. The van der Waals surface area contributed by atoms with E-state index in [0.29, 0.717) is 0 Å². The number of anilines is 1. The molecule has 0 aliphatic heterocycles. The Hall–Kier alpha value is -1.46. The van der Waals surface area contributed by atoms with Gasteiger partial charge in [-0.1, -0.05) is 34.1 Å². The van der Waals surface area contributed by atoms with Crippen molar-refractivity contribution in [3.63, 3.8) is 0 Å². The summed E-state index contributed by atoms with van der Waals surface area (Å²) in [5.41, 5.74) is 1.93.